The van der Waals surface area contributed by atoms with E-state index >= 15 is 0 Å². The van der Waals surface area contributed by atoms with Gasteiger partial charge in [-0.05, 0) is 38.0 Å². The molecule has 0 saturated carbocycles. The van der Waals surface area contributed by atoms with Crippen LogP contribution in [0.1, 0.15) is 33.9 Å². The molecule has 1 amide bonds. The molecule has 146 valence electrons. The Hall–Kier alpha value is -2.06. The van der Waals surface area contributed by atoms with Gasteiger partial charge in [-0.2, -0.15) is 0 Å². The standard InChI is InChI=1S/C19H24N2O5S/c1-12-7-15(26-13(12)2)8-21-9-16-17(4-6-27(23,24)18(16)10-21)20-19(22)14-3-5-25-11-14/h3,5,7,11,16-18H,4,6,8-10H2,1-2H3,(H,20,22). The summed E-state index contributed by atoms with van der Waals surface area (Å²) in [7, 11) is -3.15. The van der Waals surface area contributed by atoms with E-state index in [2.05, 4.69) is 10.2 Å². The van der Waals surface area contributed by atoms with Crippen molar-refractivity contribution in [1.29, 1.82) is 0 Å². The maximum Gasteiger partial charge on any atom is 0.254 e. The molecule has 2 fully saturated rings. The number of hydrogen-bond donors (Lipinski definition) is 1. The van der Waals surface area contributed by atoms with Gasteiger partial charge in [-0.25, -0.2) is 8.42 Å². The number of nitrogens with one attached hydrogen (secondary N) is 1. The van der Waals surface area contributed by atoms with E-state index in [9.17, 15) is 13.2 Å². The molecule has 0 bridgehead atoms. The fourth-order valence-corrected chi connectivity index (χ4v) is 6.34. The van der Waals surface area contributed by atoms with Crippen LogP contribution in [0.5, 0.6) is 0 Å². The molecule has 2 aliphatic heterocycles. The molecular formula is C19H24N2O5S. The molecule has 4 rings (SSSR count). The second-order valence-corrected chi connectivity index (χ2v) is 9.94. The molecule has 1 N–H and O–H groups in total. The van der Waals surface area contributed by atoms with Crippen molar-refractivity contribution >= 4 is 15.7 Å². The quantitative estimate of drug-likeness (QED) is 0.854. The lowest BCUT2D eigenvalue weighted by atomic mass is 9.95. The summed E-state index contributed by atoms with van der Waals surface area (Å²) < 4.78 is 35.9. The zero-order valence-electron chi connectivity index (χ0n) is 15.5. The smallest absolute Gasteiger partial charge is 0.254 e. The number of rotatable bonds is 4. The molecule has 0 aromatic carbocycles. The topological polar surface area (TPSA) is 92.8 Å². The number of sulfone groups is 1. The summed E-state index contributed by atoms with van der Waals surface area (Å²) in [5.74, 6) is 1.51. The average molecular weight is 392 g/mol. The Balaban J connectivity index is 1.49. The van der Waals surface area contributed by atoms with Crippen molar-refractivity contribution < 1.29 is 22.0 Å². The summed E-state index contributed by atoms with van der Waals surface area (Å²) in [6.45, 7) is 5.61. The van der Waals surface area contributed by atoms with Crippen LogP contribution in [-0.2, 0) is 16.4 Å². The van der Waals surface area contributed by atoms with E-state index < -0.39 is 15.1 Å². The van der Waals surface area contributed by atoms with E-state index in [4.69, 9.17) is 8.83 Å². The highest BCUT2D eigenvalue weighted by Gasteiger charge is 2.48. The SMILES string of the molecule is Cc1cc(CN2CC3C(NC(=O)c4ccoc4)CCS(=O)(=O)C3C2)oc1C. The van der Waals surface area contributed by atoms with E-state index in [1.54, 1.807) is 6.07 Å². The van der Waals surface area contributed by atoms with Crippen LogP contribution < -0.4 is 5.32 Å². The van der Waals surface area contributed by atoms with Crippen LogP contribution in [0.3, 0.4) is 0 Å². The Morgan fingerprint density at radius 2 is 2.15 bits per heavy atom. The van der Waals surface area contributed by atoms with Gasteiger partial charge in [-0.3, -0.25) is 9.69 Å². The molecule has 3 unspecified atom stereocenters. The Morgan fingerprint density at radius 3 is 2.81 bits per heavy atom. The van der Waals surface area contributed by atoms with Gasteiger partial charge in [0.15, 0.2) is 9.84 Å². The first-order chi connectivity index (χ1) is 12.8. The zero-order valence-corrected chi connectivity index (χ0v) is 16.3. The average Bonchev–Trinajstić information content (AvgIpc) is 3.32. The van der Waals surface area contributed by atoms with E-state index in [0.29, 0.717) is 31.6 Å². The monoisotopic (exact) mass is 392 g/mol. The van der Waals surface area contributed by atoms with Gasteiger partial charge in [-0.1, -0.05) is 0 Å². The third kappa shape index (κ3) is 3.55. The number of likely N-dealkylation sites (tertiary alicyclic amines) is 1. The minimum absolute atomic E-state index is 0.108. The molecule has 3 atom stereocenters. The first kappa shape index (κ1) is 18.3. The van der Waals surface area contributed by atoms with Crippen molar-refractivity contribution in [3.63, 3.8) is 0 Å². The first-order valence-corrected chi connectivity index (χ1v) is 10.9. The minimum atomic E-state index is -3.15. The maximum absolute atomic E-state index is 12.6. The number of aryl methyl sites for hydroxylation is 2. The molecule has 2 saturated heterocycles. The first-order valence-electron chi connectivity index (χ1n) is 9.16. The summed E-state index contributed by atoms with van der Waals surface area (Å²) >= 11 is 0. The number of amides is 1. The number of hydrogen-bond acceptors (Lipinski definition) is 6. The van der Waals surface area contributed by atoms with Crippen LogP contribution in [0.4, 0.5) is 0 Å². The number of carbonyl (C=O) groups excluding carboxylic acids is 1. The van der Waals surface area contributed by atoms with Crippen molar-refractivity contribution in [1.82, 2.24) is 10.2 Å². The van der Waals surface area contributed by atoms with Crippen molar-refractivity contribution in [3.8, 4) is 0 Å². The molecule has 2 aromatic rings. The molecule has 2 aliphatic rings. The molecule has 7 nitrogen and oxygen atoms in total. The Morgan fingerprint density at radius 1 is 1.33 bits per heavy atom. The van der Waals surface area contributed by atoms with E-state index in [-0.39, 0.29) is 23.6 Å². The molecule has 27 heavy (non-hydrogen) atoms. The largest absolute Gasteiger partial charge is 0.472 e. The lowest BCUT2D eigenvalue weighted by Crippen LogP contribution is -2.51. The van der Waals surface area contributed by atoms with Crippen LogP contribution in [-0.4, -0.2) is 49.4 Å². The minimum Gasteiger partial charge on any atom is -0.472 e. The maximum atomic E-state index is 12.6. The number of furan rings is 2. The van der Waals surface area contributed by atoms with Crippen molar-refractivity contribution in [2.45, 2.75) is 38.1 Å². The Labute approximate surface area is 158 Å². The fraction of sp³-hybridized carbons (Fsp3) is 0.526. The zero-order chi connectivity index (χ0) is 19.2. The molecule has 0 aliphatic carbocycles. The van der Waals surface area contributed by atoms with Gasteiger partial charge in [0, 0.05) is 25.0 Å². The molecule has 2 aromatic heterocycles. The Kier molecular flexibility index (Phi) is 4.63. The van der Waals surface area contributed by atoms with Crippen molar-refractivity contribution in [2.75, 3.05) is 18.8 Å². The van der Waals surface area contributed by atoms with Gasteiger partial charge in [0.25, 0.3) is 5.91 Å². The third-order valence-corrected chi connectivity index (χ3v) is 8.00. The van der Waals surface area contributed by atoms with Gasteiger partial charge in [0.1, 0.15) is 17.8 Å². The molecule has 0 radical (unpaired) electrons. The van der Waals surface area contributed by atoms with Crippen molar-refractivity contribution in [2.24, 2.45) is 5.92 Å². The summed E-state index contributed by atoms with van der Waals surface area (Å²) in [5.41, 5.74) is 1.55. The summed E-state index contributed by atoms with van der Waals surface area (Å²) in [4.78, 5) is 14.5. The normalized spacial score (nSPS) is 27.4. The van der Waals surface area contributed by atoms with Gasteiger partial charge >= 0.3 is 0 Å². The predicted molar refractivity (Wildman–Crippen MR) is 99.1 cm³/mol. The summed E-state index contributed by atoms with van der Waals surface area (Å²) in [6.07, 6.45) is 3.29. The molecule has 4 heterocycles. The van der Waals surface area contributed by atoms with Gasteiger partial charge < -0.3 is 14.2 Å². The van der Waals surface area contributed by atoms with Crippen LogP contribution >= 0.6 is 0 Å². The lowest BCUT2D eigenvalue weighted by Gasteiger charge is -2.33. The fourth-order valence-electron chi connectivity index (χ4n) is 4.20. The molecule has 8 heteroatoms. The highest BCUT2D eigenvalue weighted by atomic mass is 32.2. The van der Waals surface area contributed by atoms with E-state index in [0.717, 1.165) is 17.1 Å². The number of fused-ring (bicyclic) bond motifs is 1. The molecular weight excluding hydrogens is 368 g/mol. The highest BCUT2D eigenvalue weighted by Crippen LogP contribution is 2.34. The van der Waals surface area contributed by atoms with Gasteiger partial charge in [-0.15, -0.1) is 0 Å². The van der Waals surface area contributed by atoms with Crippen LogP contribution in [0.25, 0.3) is 0 Å². The lowest BCUT2D eigenvalue weighted by molar-refractivity contribution is 0.0918. The summed E-state index contributed by atoms with van der Waals surface area (Å²) in [6, 6.07) is 3.45. The number of carbonyl (C=O) groups is 1. The van der Waals surface area contributed by atoms with Crippen LogP contribution in [0, 0.1) is 19.8 Å². The summed E-state index contributed by atoms with van der Waals surface area (Å²) in [5, 5.41) is 2.57. The Bertz CT molecular complexity index is 912. The van der Waals surface area contributed by atoms with Crippen LogP contribution in [0.15, 0.2) is 33.5 Å². The molecule has 0 spiro atoms. The predicted octanol–water partition coefficient (Wildman–Crippen LogP) is 1.91. The second kappa shape index (κ2) is 6.83. The number of nitrogens with zero attached hydrogens (tertiary/aromatic N) is 1. The third-order valence-electron chi connectivity index (χ3n) is 5.77. The van der Waals surface area contributed by atoms with Gasteiger partial charge in [0.05, 0.1) is 29.4 Å². The van der Waals surface area contributed by atoms with Crippen LogP contribution in [0.2, 0.25) is 0 Å². The van der Waals surface area contributed by atoms with Crippen molar-refractivity contribution in [3.05, 3.63) is 47.3 Å². The van der Waals surface area contributed by atoms with E-state index in [1.165, 1.54) is 12.5 Å². The highest BCUT2D eigenvalue weighted by molar-refractivity contribution is 7.92. The van der Waals surface area contributed by atoms with Gasteiger partial charge in [0.2, 0.25) is 0 Å². The second-order valence-electron chi connectivity index (χ2n) is 7.60. The van der Waals surface area contributed by atoms with E-state index in [1.807, 2.05) is 19.9 Å².